The number of nitrogen functional groups attached to an aromatic ring is 1. The van der Waals surface area contributed by atoms with Gasteiger partial charge < -0.3 is 5.73 Å². The minimum atomic E-state index is 0.333. The second-order valence-electron chi connectivity index (χ2n) is 3.28. The van der Waals surface area contributed by atoms with E-state index in [1.165, 1.54) is 0 Å². The molecule has 80 valence electrons. The summed E-state index contributed by atoms with van der Waals surface area (Å²) in [6.07, 6.45) is 1.69. The van der Waals surface area contributed by atoms with Crippen LogP contribution < -0.4 is 5.73 Å². The lowest BCUT2D eigenvalue weighted by Crippen LogP contribution is -1.94. The van der Waals surface area contributed by atoms with Crippen LogP contribution >= 0.6 is 11.6 Å². The lowest BCUT2D eigenvalue weighted by molar-refractivity contribution is 1.38. The van der Waals surface area contributed by atoms with Crippen molar-refractivity contribution in [2.45, 2.75) is 0 Å². The van der Waals surface area contributed by atoms with Crippen molar-refractivity contribution in [3.63, 3.8) is 0 Å². The molecule has 0 amide bonds. The van der Waals surface area contributed by atoms with E-state index in [-0.39, 0.29) is 0 Å². The maximum atomic E-state index is 5.90. The van der Waals surface area contributed by atoms with E-state index in [0.717, 1.165) is 16.5 Å². The van der Waals surface area contributed by atoms with E-state index < -0.39 is 0 Å². The normalized spacial score (nSPS) is 10.3. The van der Waals surface area contributed by atoms with E-state index in [9.17, 15) is 0 Å². The van der Waals surface area contributed by atoms with Gasteiger partial charge >= 0.3 is 0 Å². The molecule has 1 heterocycles. The Morgan fingerprint density at radius 2 is 2.19 bits per heavy atom. The fourth-order valence-electron chi connectivity index (χ4n) is 1.65. The monoisotopic (exact) mass is 231 g/mol. The molecule has 0 aliphatic carbocycles. The summed E-state index contributed by atoms with van der Waals surface area (Å²) in [5, 5.41) is 1.53. The van der Waals surface area contributed by atoms with E-state index in [0.29, 0.717) is 16.5 Å². The summed E-state index contributed by atoms with van der Waals surface area (Å²) in [5.74, 6) is 0.333. The first kappa shape index (κ1) is 10.6. The van der Waals surface area contributed by atoms with Crippen molar-refractivity contribution >= 4 is 46.8 Å². The first-order valence-electron chi connectivity index (χ1n) is 4.65. The third-order valence-electron chi connectivity index (χ3n) is 2.35. The molecule has 0 unspecified atom stereocenters. The van der Waals surface area contributed by atoms with Gasteiger partial charge in [-0.2, -0.15) is 0 Å². The first-order valence-corrected chi connectivity index (χ1v) is 5.03. The molecule has 0 atom stereocenters. The molecule has 1 aromatic heterocycles. The Balaban J connectivity index is 2.95. The average Bonchev–Trinajstić information content (AvgIpc) is 2.26. The summed E-state index contributed by atoms with van der Waals surface area (Å²) in [7, 11) is 0. The minimum Gasteiger partial charge on any atom is -0.382 e. The molecule has 2 rings (SSSR count). The summed E-state index contributed by atoms with van der Waals surface area (Å²) in [6.45, 7) is 7.23. The van der Waals surface area contributed by atoms with Gasteiger partial charge in [0, 0.05) is 16.0 Å². The summed E-state index contributed by atoms with van der Waals surface area (Å²) >= 11 is 5.90. The predicted octanol–water partition coefficient (Wildman–Crippen LogP) is 3.45. The fourth-order valence-corrected chi connectivity index (χ4v) is 1.81. The molecular weight excluding hydrogens is 222 g/mol. The van der Waals surface area contributed by atoms with Crippen molar-refractivity contribution < 1.29 is 0 Å². The molecule has 0 saturated carbocycles. The number of nitrogens with two attached hydrogens (primary N) is 1. The molecule has 0 bridgehead atoms. The number of pyridine rings is 1. The molecule has 0 fully saturated rings. The highest BCUT2D eigenvalue weighted by molar-refractivity contribution is 6.31. The van der Waals surface area contributed by atoms with Gasteiger partial charge in [0.2, 0.25) is 0 Å². The summed E-state index contributed by atoms with van der Waals surface area (Å²) in [5.41, 5.74) is 7.90. The van der Waals surface area contributed by atoms with Crippen LogP contribution in [0.5, 0.6) is 0 Å². The van der Waals surface area contributed by atoms with Crippen molar-refractivity contribution in [3.8, 4) is 0 Å². The highest BCUT2D eigenvalue weighted by Gasteiger charge is 2.09. The standard InChI is InChI=1S/C12H10ClN3/c1-3-8-9-5-4-7(13)6-10(9)16-12(14)11(8)15-2/h3-6H,1-2H2,(H2,14,16). The molecule has 0 aliphatic rings. The molecule has 16 heavy (non-hydrogen) atoms. The van der Waals surface area contributed by atoms with Crippen molar-refractivity contribution in [2.24, 2.45) is 4.99 Å². The maximum Gasteiger partial charge on any atom is 0.150 e. The number of anilines is 1. The van der Waals surface area contributed by atoms with E-state index in [1.54, 1.807) is 18.2 Å². The highest BCUT2D eigenvalue weighted by Crippen LogP contribution is 2.33. The topological polar surface area (TPSA) is 51.3 Å². The second-order valence-corrected chi connectivity index (χ2v) is 3.72. The van der Waals surface area contributed by atoms with Crippen LogP contribution in [0, 0.1) is 0 Å². The number of nitrogens with zero attached hydrogens (tertiary/aromatic N) is 2. The predicted molar refractivity (Wildman–Crippen MR) is 70.5 cm³/mol. The molecule has 3 nitrogen and oxygen atoms in total. The van der Waals surface area contributed by atoms with E-state index in [1.807, 2.05) is 6.07 Å². The van der Waals surface area contributed by atoms with Crippen LogP contribution in [-0.4, -0.2) is 11.7 Å². The molecule has 0 spiro atoms. The number of benzene rings is 1. The van der Waals surface area contributed by atoms with E-state index in [2.05, 4.69) is 23.3 Å². The largest absolute Gasteiger partial charge is 0.382 e. The van der Waals surface area contributed by atoms with Gasteiger partial charge in [0.05, 0.1) is 5.52 Å². The number of rotatable bonds is 2. The van der Waals surface area contributed by atoms with Crippen molar-refractivity contribution in [2.75, 3.05) is 5.73 Å². The van der Waals surface area contributed by atoms with Crippen LogP contribution in [0.3, 0.4) is 0 Å². The zero-order valence-electron chi connectivity index (χ0n) is 8.57. The molecule has 0 radical (unpaired) electrons. The van der Waals surface area contributed by atoms with Crippen molar-refractivity contribution in [1.29, 1.82) is 0 Å². The van der Waals surface area contributed by atoms with Crippen LogP contribution in [0.25, 0.3) is 17.0 Å². The van der Waals surface area contributed by atoms with Gasteiger partial charge in [0.15, 0.2) is 5.82 Å². The van der Waals surface area contributed by atoms with Crippen LogP contribution in [0.1, 0.15) is 5.56 Å². The molecule has 1 aromatic carbocycles. The number of fused-ring (bicyclic) bond motifs is 1. The van der Waals surface area contributed by atoms with Crippen LogP contribution in [0.4, 0.5) is 11.5 Å². The average molecular weight is 232 g/mol. The number of aliphatic imine (C=N–C) groups is 1. The van der Waals surface area contributed by atoms with Gasteiger partial charge in [-0.25, -0.2) is 4.98 Å². The van der Waals surface area contributed by atoms with E-state index in [4.69, 9.17) is 17.3 Å². The van der Waals surface area contributed by atoms with Gasteiger partial charge in [0.1, 0.15) is 5.69 Å². The molecule has 4 heteroatoms. The van der Waals surface area contributed by atoms with Crippen molar-refractivity contribution in [1.82, 2.24) is 4.98 Å². The third-order valence-corrected chi connectivity index (χ3v) is 2.59. The maximum absolute atomic E-state index is 5.90. The second kappa shape index (κ2) is 3.94. The van der Waals surface area contributed by atoms with Gasteiger partial charge in [-0.15, -0.1) is 0 Å². The Kier molecular flexibility index (Phi) is 2.62. The molecule has 2 N–H and O–H groups in total. The molecule has 0 saturated heterocycles. The number of aromatic nitrogens is 1. The smallest absolute Gasteiger partial charge is 0.150 e. The molecular formula is C12H10ClN3. The van der Waals surface area contributed by atoms with Crippen LogP contribution in [-0.2, 0) is 0 Å². The molecule has 0 aliphatic heterocycles. The quantitative estimate of drug-likeness (QED) is 0.805. The minimum absolute atomic E-state index is 0.333. The van der Waals surface area contributed by atoms with E-state index >= 15 is 0 Å². The first-order chi connectivity index (χ1) is 7.67. The zero-order chi connectivity index (χ0) is 11.7. The summed E-state index contributed by atoms with van der Waals surface area (Å²) in [6, 6.07) is 5.42. The molecule has 2 aromatic rings. The lowest BCUT2D eigenvalue weighted by Gasteiger charge is -2.08. The summed E-state index contributed by atoms with van der Waals surface area (Å²) in [4.78, 5) is 8.10. The van der Waals surface area contributed by atoms with Gasteiger partial charge in [-0.05, 0) is 18.9 Å². The zero-order valence-corrected chi connectivity index (χ0v) is 9.33. The SMILES string of the molecule is C=Cc1c(N=C)c(N)nc2cc(Cl)ccc12. The summed E-state index contributed by atoms with van der Waals surface area (Å²) < 4.78 is 0. The number of hydrogen-bond acceptors (Lipinski definition) is 3. The van der Waals surface area contributed by atoms with Gasteiger partial charge in [0.25, 0.3) is 0 Å². The third kappa shape index (κ3) is 1.55. The Morgan fingerprint density at radius 3 is 2.81 bits per heavy atom. The van der Waals surface area contributed by atoms with Gasteiger partial charge in [-0.1, -0.05) is 30.3 Å². The van der Waals surface area contributed by atoms with Crippen molar-refractivity contribution in [3.05, 3.63) is 35.4 Å². The van der Waals surface area contributed by atoms with Gasteiger partial charge in [-0.3, -0.25) is 4.99 Å². The van der Waals surface area contributed by atoms with Crippen LogP contribution in [0.15, 0.2) is 29.8 Å². The Labute approximate surface area is 98.3 Å². The van der Waals surface area contributed by atoms with Crippen LogP contribution in [0.2, 0.25) is 5.02 Å². The fraction of sp³-hybridized carbons (Fsp3) is 0. The Bertz CT molecular complexity index is 590. The number of hydrogen-bond donors (Lipinski definition) is 1. The Morgan fingerprint density at radius 1 is 1.44 bits per heavy atom. The number of halogens is 1. The highest BCUT2D eigenvalue weighted by atomic mass is 35.5. The Hall–Kier alpha value is -1.87. The lowest BCUT2D eigenvalue weighted by atomic mass is 10.1.